The Morgan fingerprint density at radius 3 is 2.50 bits per heavy atom. The molecular weight excluding hydrogens is 879 g/mol. The summed E-state index contributed by atoms with van der Waals surface area (Å²) >= 11 is 1.52. The highest BCUT2D eigenvalue weighted by atomic mass is 32.2. The SMILES string of the molecule is CCOCCOCCOC(CC(=O)O[C@H](CN(CC(C)C)S(=O)(=O)c1ccc2c(c1)OCO2)[C@H](Cc1ccc(OCc2csc(C)n2)cc1)NC(=O)O[C@H]1CO[C@H]2OCC[C@H]21)C(=O)O. The lowest BCUT2D eigenvalue weighted by Crippen LogP contribution is -2.53. The molecule has 352 valence electrons. The van der Waals surface area contributed by atoms with E-state index in [0.29, 0.717) is 43.3 Å². The molecule has 6 atom stereocenters. The summed E-state index contributed by atoms with van der Waals surface area (Å²) in [4.78, 5) is 44.4. The quantitative estimate of drug-likeness (QED) is 0.0844. The van der Waals surface area contributed by atoms with Crippen LogP contribution in [0.15, 0.2) is 52.7 Å². The first-order chi connectivity index (χ1) is 30.8. The molecule has 2 aromatic carbocycles. The van der Waals surface area contributed by atoms with E-state index in [0.717, 1.165) is 10.7 Å². The number of esters is 1. The lowest BCUT2D eigenvalue weighted by Gasteiger charge is -2.33. The minimum absolute atomic E-state index is 0.00642. The Morgan fingerprint density at radius 2 is 1.77 bits per heavy atom. The van der Waals surface area contributed by atoms with Gasteiger partial charge in [0.2, 0.25) is 16.8 Å². The van der Waals surface area contributed by atoms with Crippen LogP contribution in [0.2, 0.25) is 0 Å². The first-order valence-corrected chi connectivity index (χ1v) is 23.5. The fourth-order valence-corrected chi connectivity index (χ4v) is 9.49. The van der Waals surface area contributed by atoms with Gasteiger partial charge in [0.1, 0.15) is 24.6 Å². The van der Waals surface area contributed by atoms with Crippen LogP contribution in [0.25, 0.3) is 0 Å². The molecule has 0 spiro atoms. The van der Waals surface area contributed by atoms with E-state index in [-0.39, 0.29) is 75.3 Å². The Bertz CT molecular complexity index is 2100. The van der Waals surface area contributed by atoms with E-state index >= 15 is 0 Å². The maximum atomic E-state index is 14.5. The van der Waals surface area contributed by atoms with Crippen molar-refractivity contribution >= 4 is 39.4 Å². The van der Waals surface area contributed by atoms with Crippen molar-refractivity contribution in [3.05, 3.63) is 64.1 Å². The van der Waals surface area contributed by atoms with E-state index in [1.807, 2.05) is 33.1 Å². The molecule has 1 amide bonds. The molecule has 64 heavy (non-hydrogen) atoms. The number of nitrogens with one attached hydrogen (secondary N) is 1. The molecule has 3 aliphatic rings. The molecule has 6 rings (SSSR count). The molecule has 1 unspecified atom stereocenters. The minimum atomic E-state index is -4.34. The summed E-state index contributed by atoms with van der Waals surface area (Å²) in [5.41, 5.74) is 1.44. The van der Waals surface area contributed by atoms with Gasteiger partial charge in [-0.2, -0.15) is 4.31 Å². The zero-order chi connectivity index (χ0) is 45.6. The van der Waals surface area contributed by atoms with Crippen LogP contribution in [0.5, 0.6) is 17.2 Å². The van der Waals surface area contributed by atoms with Crippen LogP contribution < -0.4 is 19.5 Å². The molecule has 3 aromatic rings. The van der Waals surface area contributed by atoms with E-state index in [9.17, 15) is 27.9 Å². The molecule has 0 aliphatic carbocycles. The highest BCUT2D eigenvalue weighted by Gasteiger charge is 2.44. The van der Waals surface area contributed by atoms with Gasteiger partial charge in [-0.3, -0.25) is 4.79 Å². The summed E-state index contributed by atoms with van der Waals surface area (Å²) in [7, 11) is -4.34. The number of carboxylic acid groups (broad SMARTS) is 1. The second-order valence-electron chi connectivity index (χ2n) is 15.7. The predicted octanol–water partition coefficient (Wildman–Crippen LogP) is 4.33. The first-order valence-electron chi connectivity index (χ1n) is 21.2. The predicted molar refractivity (Wildman–Crippen MR) is 228 cm³/mol. The maximum absolute atomic E-state index is 14.5. The smallest absolute Gasteiger partial charge is 0.407 e. The summed E-state index contributed by atoms with van der Waals surface area (Å²) in [6, 6.07) is 10.1. The van der Waals surface area contributed by atoms with Crippen LogP contribution in [-0.2, 0) is 65.8 Å². The summed E-state index contributed by atoms with van der Waals surface area (Å²) in [6.07, 6.45) is -5.15. The summed E-state index contributed by atoms with van der Waals surface area (Å²) < 4.78 is 86.5. The number of nitrogens with zero attached hydrogens (tertiary/aromatic N) is 2. The molecule has 2 fully saturated rings. The van der Waals surface area contributed by atoms with Crippen LogP contribution in [0.1, 0.15) is 49.9 Å². The number of carbonyl (C=O) groups is 3. The Morgan fingerprint density at radius 1 is 1.00 bits per heavy atom. The molecule has 3 aliphatic heterocycles. The average molecular weight is 936 g/mol. The van der Waals surface area contributed by atoms with Crippen LogP contribution in [0, 0.1) is 18.8 Å². The monoisotopic (exact) mass is 935 g/mol. The van der Waals surface area contributed by atoms with Gasteiger partial charge in [0.25, 0.3) is 0 Å². The van der Waals surface area contributed by atoms with Crippen molar-refractivity contribution in [3.8, 4) is 17.2 Å². The van der Waals surface area contributed by atoms with Crippen LogP contribution >= 0.6 is 11.3 Å². The number of alkyl carbamates (subject to hydrolysis) is 1. The summed E-state index contributed by atoms with van der Waals surface area (Å²) in [5.74, 6) is -1.67. The molecule has 1 aromatic heterocycles. The van der Waals surface area contributed by atoms with Gasteiger partial charge in [0.15, 0.2) is 23.9 Å². The average Bonchev–Trinajstić information content (AvgIpc) is 4.09. The fraction of sp³-hybridized carbons (Fsp3) is 0.581. The van der Waals surface area contributed by atoms with Gasteiger partial charge < -0.3 is 57.8 Å². The highest BCUT2D eigenvalue weighted by molar-refractivity contribution is 7.89. The number of carboxylic acids is 1. The Balaban J connectivity index is 1.28. The molecule has 0 saturated carbocycles. The Labute approximate surface area is 376 Å². The normalized spacial score (nSPS) is 19.3. The molecule has 2 saturated heterocycles. The maximum Gasteiger partial charge on any atom is 0.407 e. The Hall–Kier alpha value is -4.61. The van der Waals surface area contributed by atoms with E-state index in [2.05, 4.69) is 10.3 Å². The topological polar surface area (TPSA) is 226 Å². The molecular formula is C43H57N3O16S2. The van der Waals surface area contributed by atoms with Gasteiger partial charge >= 0.3 is 18.0 Å². The molecule has 0 bridgehead atoms. The minimum Gasteiger partial charge on any atom is -0.487 e. The second kappa shape index (κ2) is 23.5. The van der Waals surface area contributed by atoms with E-state index in [4.69, 9.17) is 47.4 Å². The molecule has 0 radical (unpaired) electrons. The number of hydrogen-bond acceptors (Lipinski definition) is 17. The van der Waals surface area contributed by atoms with Crippen molar-refractivity contribution in [3.63, 3.8) is 0 Å². The van der Waals surface area contributed by atoms with Crippen LogP contribution in [0.4, 0.5) is 4.79 Å². The van der Waals surface area contributed by atoms with Crippen molar-refractivity contribution in [2.24, 2.45) is 11.8 Å². The molecule has 4 heterocycles. The lowest BCUT2D eigenvalue weighted by atomic mass is 10.0. The third kappa shape index (κ3) is 13.9. The van der Waals surface area contributed by atoms with Crippen molar-refractivity contribution < 1.29 is 75.3 Å². The van der Waals surface area contributed by atoms with Gasteiger partial charge in [-0.25, -0.2) is 23.0 Å². The van der Waals surface area contributed by atoms with Crippen LogP contribution in [0.3, 0.4) is 0 Å². The summed E-state index contributed by atoms with van der Waals surface area (Å²) in [5, 5.41) is 15.7. The number of hydrogen-bond donors (Lipinski definition) is 2. The van der Waals surface area contributed by atoms with Gasteiger partial charge in [-0.1, -0.05) is 26.0 Å². The second-order valence-corrected chi connectivity index (χ2v) is 18.7. The number of aryl methyl sites for hydroxylation is 1. The largest absolute Gasteiger partial charge is 0.487 e. The van der Waals surface area contributed by atoms with Gasteiger partial charge in [0.05, 0.1) is 80.2 Å². The number of sulfonamides is 1. The van der Waals surface area contributed by atoms with E-state index < -0.39 is 71.7 Å². The number of amides is 1. The third-order valence-corrected chi connectivity index (χ3v) is 13.0. The first kappa shape index (κ1) is 48.8. The zero-order valence-electron chi connectivity index (χ0n) is 36.3. The van der Waals surface area contributed by atoms with E-state index in [1.54, 1.807) is 24.3 Å². The number of aliphatic carboxylic acids is 1. The van der Waals surface area contributed by atoms with Crippen molar-refractivity contribution in [1.82, 2.24) is 14.6 Å². The number of benzene rings is 2. The van der Waals surface area contributed by atoms with Crippen molar-refractivity contribution in [1.29, 1.82) is 0 Å². The Kier molecular flexibility index (Phi) is 18.0. The number of carbonyl (C=O) groups excluding carboxylic acids is 2. The standard InChI is InChI=1S/C43H57N3O16S2/c1-5-53-14-15-54-16-17-55-37(41(48)49)20-40(47)61-38(22-46(21-27(2)3)64(51,52)32-10-11-35-36(19-32)60-26-59-35)34(45-43(50)62-39-24-58-42-33(39)12-13-56-42)18-29-6-8-31(9-7-29)57-23-30-25-63-28(4)44-30/h6-11,19,25,27,33-34,37-39,42H,5,12-18,20-24,26H2,1-4H3,(H,45,50)(H,48,49)/t33-,34-,37?,38+,39-,42+/m0/s1. The van der Waals surface area contributed by atoms with Gasteiger partial charge in [0, 0.05) is 24.6 Å². The van der Waals surface area contributed by atoms with Crippen molar-refractivity contribution in [2.75, 3.05) is 66.1 Å². The van der Waals surface area contributed by atoms with Crippen molar-refractivity contribution in [2.45, 2.75) is 89.1 Å². The van der Waals surface area contributed by atoms with E-state index in [1.165, 1.54) is 33.8 Å². The number of fused-ring (bicyclic) bond motifs is 2. The molecule has 19 nitrogen and oxygen atoms in total. The highest BCUT2D eigenvalue weighted by Crippen LogP contribution is 2.36. The number of thiazole rings is 1. The lowest BCUT2D eigenvalue weighted by molar-refractivity contribution is -0.164. The number of aromatic nitrogens is 1. The third-order valence-electron chi connectivity index (χ3n) is 10.4. The van der Waals surface area contributed by atoms with Gasteiger partial charge in [-0.15, -0.1) is 11.3 Å². The van der Waals surface area contributed by atoms with Gasteiger partial charge in [-0.05, 0) is 62.4 Å². The molecule has 2 N–H and O–H groups in total. The number of rotatable bonds is 26. The fourth-order valence-electron chi connectivity index (χ4n) is 7.26. The zero-order valence-corrected chi connectivity index (χ0v) is 38.0. The van der Waals surface area contributed by atoms with Crippen LogP contribution in [-0.4, -0.2) is 138 Å². The summed E-state index contributed by atoms with van der Waals surface area (Å²) in [6.45, 7) is 8.69. The molecule has 21 heteroatoms. The number of ether oxygens (including phenoxy) is 10.